The molecule has 0 amide bonds. The first-order chi connectivity index (χ1) is 14.1. The number of methoxy groups -OCH3 is 2. The van der Waals surface area contributed by atoms with Crippen molar-refractivity contribution in [1.82, 2.24) is 9.97 Å². The highest BCUT2D eigenvalue weighted by Crippen LogP contribution is 2.40. The fraction of sp³-hybridized carbons (Fsp3) is 0.280. The van der Waals surface area contributed by atoms with Crippen molar-refractivity contribution in [1.29, 1.82) is 0 Å². The molecule has 0 unspecified atom stereocenters. The second kappa shape index (κ2) is 7.70. The summed E-state index contributed by atoms with van der Waals surface area (Å²) in [6, 6.07) is 14.5. The number of nitrogens with zero attached hydrogens (tertiary/aromatic N) is 2. The average Bonchev–Trinajstić information content (AvgIpc) is 2.76. The second-order valence-electron chi connectivity index (χ2n) is 7.45. The summed E-state index contributed by atoms with van der Waals surface area (Å²) in [4.78, 5) is 9.20. The molecule has 0 radical (unpaired) electrons. The van der Waals surface area contributed by atoms with Crippen molar-refractivity contribution in [3.05, 3.63) is 59.8 Å². The van der Waals surface area contributed by atoms with Crippen LogP contribution in [0.25, 0.3) is 32.9 Å². The Balaban J connectivity index is 2.06. The van der Waals surface area contributed by atoms with Crippen molar-refractivity contribution in [2.24, 2.45) is 0 Å². The Morgan fingerprint density at radius 2 is 1.62 bits per heavy atom. The molecule has 0 saturated heterocycles. The van der Waals surface area contributed by atoms with Gasteiger partial charge in [-0.2, -0.15) is 0 Å². The highest BCUT2D eigenvalue weighted by Gasteiger charge is 2.19. The van der Waals surface area contributed by atoms with Crippen LogP contribution in [-0.2, 0) is 6.42 Å². The monoisotopic (exact) mass is 386 g/mol. The predicted molar refractivity (Wildman–Crippen MR) is 119 cm³/mol. The minimum absolute atomic E-state index is 0.347. The van der Waals surface area contributed by atoms with Gasteiger partial charge in [0.2, 0.25) is 5.88 Å². The van der Waals surface area contributed by atoms with Gasteiger partial charge in [-0.1, -0.05) is 32.9 Å². The number of ether oxygens (including phenoxy) is 2. The number of rotatable bonds is 5. The third-order valence-electron chi connectivity index (χ3n) is 5.51. The predicted octanol–water partition coefficient (Wildman–Crippen LogP) is 6.15. The van der Waals surface area contributed by atoms with E-state index < -0.39 is 0 Å². The number of aryl methyl sites for hydroxylation is 1. The molecule has 4 nitrogen and oxygen atoms in total. The number of aromatic nitrogens is 2. The number of pyridine rings is 2. The molecule has 0 N–H and O–H groups in total. The van der Waals surface area contributed by atoms with Crippen LogP contribution in [0, 0.1) is 0 Å². The summed E-state index contributed by atoms with van der Waals surface area (Å²) >= 11 is 0. The lowest BCUT2D eigenvalue weighted by Gasteiger charge is -2.20. The van der Waals surface area contributed by atoms with Gasteiger partial charge in [0.15, 0.2) is 0 Å². The summed E-state index contributed by atoms with van der Waals surface area (Å²) in [6.45, 7) is 6.65. The van der Waals surface area contributed by atoms with Gasteiger partial charge in [0, 0.05) is 23.0 Å². The number of benzene rings is 2. The molecule has 29 heavy (non-hydrogen) atoms. The van der Waals surface area contributed by atoms with E-state index in [4.69, 9.17) is 9.47 Å². The zero-order chi connectivity index (χ0) is 20.5. The smallest absolute Gasteiger partial charge is 0.213 e. The number of hydrogen-bond acceptors (Lipinski definition) is 4. The molecule has 0 saturated carbocycles. The van der Waals surface area contributed by atoms with Gasteiger partial charge in [0.25, 0.3) is 0 Å². The summed E-state index contributed by atoms with van der Waals surface area (Å²) in [5.74, 6) is 1.85. The van der Waals surface area contributed by atoms with Gasteiger partial charge in [-0.05, 0) is 58.9 Å². The maximum absolute atomic E-state index is 5.67. The molecular formula is C25H26N2O2. The van der Waals surface area contributed by atoms with Crippen LogP contribution < -0.4 is 9.47 Å². The van der Waals surface area contributed by atoms with Gasteiger partial charge in [0.1, 0.15) is 5.75 Å². The van der Waals surface area contributed by atoms with Crippen LogP contribution in [0.3, 0.4) is 0 Å². The first-order valence-corrected chi connectivity index (χ1v) is 10.0. The van der Waals surface area contributed by atoms with E-state index in [2.05, 4.69) is 61.1 Å². The molecule has 2 heterocycles. The van der Waals surface area contributed by atoms with Crippen LogP contribution in [0.1, 0.15) is 37.8 Å². The molecule has 0 bridgehead atoms. The van der Waals surface area contributed by atoms with Crippen LogP contribution in [0.15, 0.2) is 48.7 Å². The van der Waals surface area contributed by atoms with Crippen molar-refractivity contribution in [2.45, 2.75) is 33.1 Å². The first kappa shape index (κ1) is 19.2. The van der Waals surface area contributed by atoms with Crippen molar-refractivity contribution in [2.75, 3.05) is 14.2 Å². The first-order valence-electron chi connectivity index (χ1n) is 10.0. The Kier molecular flexibility index (Phi) is 5.10. The lowest BCUT2D eigenvalue weighted by molar-refractivity contribution is 0.399. The molecular weight excluding hydrogens is 360 g/mol. The largest absolute Gasteiger partial charge is 0.496 e. The normalized spacial score (nSPS) is 11.4. The highest BCUT2D eigenvalue weighted by molar-refractivity contribution is 5.97. The summed E-state index contributed by atoms with van der Waals surface area (Å²) in [5.41, 5.74) is 6.94. The Morgan fingerprint density at radius 1 is 0.862 bits per heavy atom. The van der Waals surface area contributed by atoms with Crippen LogP contribution in [-0.4, -0.2) is 24.2 Å². The van der Waals surface area contributed by atoms with E-state index in [1.54, 1.807) is 20.4 Å². The lowest BCUT2D eigenvalue weighted by atomic mass is 9.85. The molecule has 0 aliphatic carbocycles. The number of fused-ring (bicyclic) bond motifs is 2. The Morgan fingerprint density at radius 3 is 2.31 bits per heavy atom. The van der Waals surface area contributed by atoms with Gasteiger partial charge in [-0.25, -0.2) is 4.98 Å². The third kappa shape index (κ3) is 3.19. The molecule has 4 aromatic rings. The van der Waals surface area contributed by atoms with Crippen LogP contribution in [0.4, 0.5) is 0 Å². The van der Waals surface area contributed by atoms with E-state index in [-0.39, 0.29) is 0 Å². The topological polar surface area (TPSA) is 44.2 Å². The maximum atomic E-state index is 5.67. The molecule has 0 spiro atoms. The zero-order valence-corrected chi connectivity index (χ0v) is 17.6. The minimum Gasteiger partial charge on any atom is -0.496 e. The van der Waals surface area contributed by atoms with E-state index in [1.165, 1.54) is 27.6 Å². The molecule has 4 rings (SSSR count). The van der Waals surface area contributed by atoms with Gasteiger partial charge >= 0.3 is 0 Å². The quantitative estimate of drug-likeness (QED) is 0.412. The molecule has 0 atom stereocenters. The van der Waals surface area contributed by atoms with Gasteiger partial charge in [-0.3, -0.25) is 4.98 Å². The standard InChI is InChI=1S/C25H26N2O2/c1-6-16-17(7-11-21-25(16)22(28-4)13-14-26-21)18-8-10-20-19(24(18)15(2)3)9-12-23(27-20)29-5/h7-15H,6H2,1-5H3. The summed E-state index contributed by atoms with van der Waals surface area (Å²) in [6.07, 6.45) is 2.69. The van der Waals surface area contributed by atoms with E-state index in [0.717, 1.165) is 28.6 Å². The van der Waals surface area contributed by atoms with Crippen molar-refractivity contribution < 1.29 is 9.47 Å². The SMILES string of the molecule is CCc1c(-c2ccc3nc(OC)ccc3c2C(C)C)ccc2nccc(OC)c12. The fourth-order valence-electron chi connectivity index (χ4n) is 4.25. The molecule has 0 aliphatic heterocycles. The highest BCUT2D eigenvalue weighted by atomic mass is 16.5. The van der Waals surface area contributed by atoms with Crippen LogP contribution in [0.5, 0.6) is 11.6 Å². The molecule has 0 fully saturated rings. The molecule has 4 heteroatoms. The molecule has 148 valence electrons. The Labute approximate surface area is 171 Å². The summed E-state index contributed by atoms with van der Waals surface area (Å²) in [5, 5.41) is 2.26. The molecule has 2 aromatic carbocycles. The Bertz CT molecular complexity index is 1200. The van der Waals surface area contributed by atoms with E-state index in [1.807, 2.05) is 12.1 Å². The van der Waals surface area contributed by atoms with Crippen molar-refractivity contribution >= 4 is 21.8 Å². The third-order valence-corrected chi connectivity index (χ3v) is 5.51. The Hall–Kier alpha value is -3.14. The summed E-state index contributed by atoms with van der Waals surface area (Å²) in [7, 11) is 3.37. The second-order valence-corrected chi connectivity index (χ2v) is 7.45. The van der Waals surface area contributed by atoms with Gasteiger partial charge < -0.3 is 9.47 Å². The molecule has 2 aromatic heterocycles. The van der Waals surface area contributed by atoms with Crippen LogP contribution >= 0.6 is 0 Å². The number of hydrogen-bond donors (Lipinski definition) is 0. The van der Waals surface area contributed by atoms with Gasteiger partial charge in [0.05, 0.1) is 25.3 Å². The lowest BCUT2D eigenvalue weighted by Crippen LogP contribution is -2.00. The van der Waals surface area contributed by atoms with Gasteiger partial charge in [-0.15, -0.1) is 0 Å². The zero-order valence-electron chi connectivity index (χ0n) is 17.6. The maximum Gasteiger partial charge on any atom is 0.213 e. The summed E-state index contributed by atoms with van der Waals surface area (Å²) < 4.78 is 11.0. The van der Waals surface area contributed by atoms with Crippen LogP contribution in [0.2, 0.25) is 0 Å². The van der Waals surface area contributed by atoms with E-state index in [9.17, 15) is 0 Å². The average molecular weight is 386 g/mol. The molecule has 0 aliphatic rings. The minimum atomic E-state index is 0.347. The van der Waals surface area contributed by atoms with E-state index >= 15 is 0 Å². The van der Waals surface area contributed by atoms with E-state index in [0.29, 0.717) is 11.8 Å². The fourth-order valence-corrected chi connectivity index (χ4v) is 4.25. The van der Waals surface area contributed by atoms with Crippen molar-refractivity contribution in [3.63, 3.8) is 0 Å². The van der Waals surface area contributed by atoms with Crippen molar-refractivity contribution in [3.8, 4) is 22.8 Å².